The zero-order valence-corrected chi connectivity index (χ0v) is 14.5. The summed E-state index contributed by atoms with van der Waals surface area (Å²) in [6.45, 7) is 0.824. The minimum atomic E-state index is -3.61. The third kappa shape index (κ3) is 4.22. The lowest BCUT2D eigenvalue weighted by atomic mass is 10.1. The third-order valence-corrected chi connectivity index (χ3v) is 5.52. The highest BCUT2D eigenvalue weighted by Crippen LogP contribution is 2.15. The molecule has 0 spiro atoms. The van der Waals surface area contributed by atoms with E-state index < -0.39 is 28.0 Å². The highest BCUT2D eigenvalue weighted by molar-refractivity contribution is 7.88. The van der Waals surface area contributed by atoms with Crippen molar-refractivity contribution >= 4 is 27.7 Å². The predicted octanol–water partition coefficient (Wildman–Crippen LogP) is -3.90. The Labute approximate surface area is 140 Å². The van der Waals surface area contributed by atoms with E-state index in [0.29, 0.717) is 13.0 Å². The van der Waals surface area contributed by atoms with E-state index in [1.807, 2.05) is 0 Å². The Hall–Kier alpha value is -1.72. The van der Waals surface area contributed by atoms with E-state index in [0.717, 1.165) is 17.0 Å². The first-order chi connectivity index (χ1) is 11.2. The van der Waals surface area contributed by atoms with E-state index in [1.165, 1.54) is 4.90 Å². The highest BCUT2D eigenvalue weighted by atomic mass is 32.2. The topological polar surface area (TPSA) is 144 Å². The molecule has 2 rings (SSSR count). The Kier molecular flexibility index (Phi) is 5.78. The molecule has 11 heteroatoms. The van der Waals surface area contributed by atoms with Gasteiger partial charge in [-0.2, -0.15) is 4.31 Å². The van der Waals surface area contributed by atoms with Crippen molar-refractivity contribution in [2.45, 2.75) is 24.9 Å². The molecule has 136 valence electrons. The number of carbonyl (C=O) groups excluding carboxylic acids is 3. The van der Waals surface area contributed by atoms with Gasteiger partial charge in [-0.1, -0.05) is 0 Å². The Morgan fingerprint density at radius 3 is 2.67 bits per heavy atom. The number of piperazine rings is 1. The number of nitrogens with one attached hydrogen (secondary N) is 2. The zero-order chi connectivity index (χ0) is 17.9. The summed E-state index contributed by atoms with van der Waals surface area (Å²) in [5.74, 6) is -1.08. The molecule has 2 aliphatic rings. The minimum absolute atomic E-state index is 0.0399. The number of sulfonamides is 1. The van der Waals surface area contributed by atoms with Crippen molar-refractivity contribution in [2.75, 3.05) is 39.0 Å². The van der Waals surface area contributed by atoms with Gasteiger partial charge in [0.2, 0.25) is 21.8 Å². The number of hydrogen-bond donors (Lipinski definition) is 3. The zero-order valence-electron chi connectivity index (χ0n) is 13.7. The van der Waals surface area contributed by atoms with Gasteiger partial charge in [-0.25, -0.2) is 8.42 Å². The Balaban J connectivity index is 2.14. The lowest BCUT2D eigenvalue weighted by molar-refractivity contribution is -0.357. The number of amides is 3. The quantitative estimate of drug-likeness (QED) is 0.468. The second kappa shape index (κ2) is 7.45. The molecule has 0 aromatic carbocycles. The van der Waals surface area contributed by atoms with Crippen LogP contribution in [0.5, 0.6) is 0 Å². The number of rotatable bonds is 4. The van der Waals surface area contributed by atoms with Crippen LogP contribution in [-0.4, -0.2) is 86.4 Å². The second-order valence-corrected chi connectivity index (χ2v) is 7.91. The fraction of sp³-hybridized carbons (Fsp3) is 0.769. The van der Waals surface area contributed by atoms with Gasteiger partial charge in [-0.15, -0.1) is 0 Å². The molecule has 10 nitrogen and oxygen atoms in total. The van der Waals surface area contributed by atoms with Crippen LogP contribution in [0.2, 0.25) is 0 Å². The van der Waals surface area contributed by atoms with E-state index in [2.05, 4.69) is 16.4 Å². The maximum absolute atomic E-state index is 12.6. The number of piperidine rings is 1. The van der Waals surface area contributed by atoms with Crippen LogP contribution in [0.15, 0.2) is 0 Å². The smallest absolute Gasteiger partial charge is 0.277 e. The molecule has 5 N–H and O–H groups in total. The molecule has 0 saturated carbocycles. The minimum Gasteiger partial charge on any atom is -0.354 e. The monoisotopic (exact) mass is 362 g/mol. The van der Waals surface area contributed by atoms with Crippen molar-refractivity contribution in [1.29, 1.82) is 0 Å². The van der Waals surface area contributed by atoms with E-state index in [1.54, 1.807) is 0 Å². The molecular weight excluding hydrogens is 338 g/mol. The maximum atomic E-state index is 12.6. The molecule has 2 atom stereocenters. The van der Waals surface area contributed by atoms with Crippen molar-refractivity contribution in [3.05, 3.63) is 0 Å². The first kappa shape index (κ1) is 18.6. The molecule has 24 heavy (non-hydrogen) atoms. The van der Waals surface area contributed by atoms with Crippen LogP contribution in [-0.2, 0) is 24.4 Å². The molecule has 2 heterocycles. The van der Waals surface area contributed by atoms with Gasteiger partial charge in [0.15, 0.2) is 6.54 Å². The average Bonchev–Trinajstić information content (AvgIpc) is 2.54. The van der Waals surface area contributed by atoms with Gasteiger partial charge in [0.25, 0.3) is 5.91 Å². The highest BCUT2D eigenvalue weighted by Gasteiger charge is 2.40. The van der Waals surface area contributed by atoms with Crippen molar-refractivity contribution in [3.63, 3.8) is 0 Å². The first-order valence-corrected chi connectivity index (χ1v) is 9.70. The van der Waals surface area contributed by atoms with Gasteiger partial charge in [-0.05, 0) is 12.8 Å². The molecule has 0 aliphatic carbocycles. The van der Waals surface area contributed by atoms with Crippen LogP contribution in [0, 0.1) is 0 Å². The van der Waals surface area contributed by atoms with E-state index in [-0.39, 0.29) is 38.0 Å². The normalized spacial score (nSPS) is 25.9. The summed E-state index contributed by atoms with van der Waals surface area (Å²) in [4.78, 5) is 37.6. The average molecular weight is 362 g/mol. The van der Waals surface area contributed by atoms with Crippen LogP contribution in [0.4, 0.5) is 0 Å². The molecule has 2 fully saturated rings. The fourth-order valence-electron chi connectivity index (χ4n) is 2.94. The number of carbonyl (C=O) groups is 3. The Morgan fingerprint density at radius 2 is 2.08 bits per heavy atom. The second-order valence-electron chi connectivity index (χ2n) is 5.97. The molecule has 0 bridgehead atoms. The summed E-state index contributed by atoms with van der Waals surface area (Å²) in [6, 6.07) is -1.72. The Morgan fingerprint density at radius 1 is 1.38 bits per heavy atom. The molecule has 3 amide bonds. The van der Waals surface area contributed by atoms with Gasteiger partial charge in [0.1, 0.15) is 12.1 Å². The van der Waals surface area contributed by atoms with Gasteiger partial charge in [0, 0.05) is 26.2 Å². The third-order valence-electron chi connectivity index (χ3n) is 4.23. The SMILES string of the molecule is CS(=O)(=O)N1CCN(C(=O)C[NH3+])C[C@H]1C(=O)N[C@H]1CCCNC1=O. The maximum Gasteiger partial charge on any atom is 0.277 e. The number of quaternary nitrogens is 1. The van der Waals surface area contributed by atoms with Crippen molar-refractivity contribution in [2.24, 2.45) is 0 Å². The summed E-state index contributed by atoms with van der Waals surface area (Å²) in [7, 11) is -3.61. The van der Waals surface area contributed by atoms with Crippen LogP contribution in [0.25, 0.3) is 0 Å². The van der Waals surface area contributed by atoms with Gasteiger partial charge in [-0.3, -0.25) is 14.4 Å². The van der Waals surface area contributed by atoms with Crippen molar-refractivity contribution < 1.29 is 28.5 Å². The van der Waals surface area contributed by atoms with E-state index in [9.17, 15) is 22.8 Å². The molecule has 0 aromatic heterocycles. The molecule has 2 aliphatic heterocycles. The molecule has 2 saturated heterocycles. The molecular formula is C13H24N5O5S+. The van der Waals surface area contributed by atoms with Crippen molar-refractivity contribution in [3.8, 4) is 0 Å². The summed E-state index contributed by atoms with van der Waals surface area (Å²) in [5, 5.41) is 5.27. The van der Waals surface area contributed by atoms with Gasteiger partial charge < -0.3 is 21.3 Å². The number of nitrogens with zero attached hydrogens (tertiary/aromatic N) is 2. The lowest BCUT2D eigenvalue weighted by Gasteiger charge is -2.39. The standard InChI is InChI=1S/C13H23N5O5S/c1-24(22,23)18-6-5-17(11(19)7-14)8-10(18)13(21)16-9-3-2-4-15-12(9)20/h9-10H,2-8,14H2,1H3,(H,15,20)(H,16,21)/p+1/t9-,10-/m0/s1. The lowest BCUT2D eigenvalue weighted by Crippen LogP contribution is -2.66. The first-order valence-electron chi connectivity index (χ1n) is 7.86. The van der Waals surface area contributed by atoms with Gasteiger partial charge >= 0.3 is 0 Å². The summed E-state index contributed by atoms with van der Waals surface area (Å²) in [6.07, 6.45) is 2.27. The molecule has 0 unspecified atom stereocenters. The van der Waals surface area contributed by atoms with Crippen LogP contribution in [0.1, 0.15) is 12.8 Å². The van der Waals surface area contributed by atoms with Crippen LogP contribution >= 0.6 is 0 Å². The predicted molar refractivity (Wildman–Crippen MR) is 83.8 cm³/mol. The van der Waals surface area contributed by atoms with Crippen LogP contribution in [0.3, 0.4) is 0 Å². The van der Waals surface area contributed by atoms with Gasteiger partial charge in [0.05, 0.1) is 6.26 Å². The fourth-order valence-corrected chi connectivity index (χ4v) is 3.98. The van der Waals surface area contributed by atoms with E-state index in [4.69, 9.17) is 0 Å². The largest absolute Gasteiger partial charge is 0.354 e. The summed E-state index contributed by atoms with van der Waals surface area (Å²) >= 11 is 0. The van der Waals surface area contributed by atoms with Crippen molar-refractivity contribution in [1.82, 2.24) is 19.8 Å². The molecule has 0 aromatic rings. The summed E-state index contributed by atoms with van der Waals surface area (Å²) < 4.78 is 25.0. The van der Waals surface area contributed by atoms with E-state index >= 15 is 0 Å². The molecule has 0 radical (unpaired) electrons. The summed E-state index contributed by atoms with van der Waals surface area (Å²) in [5.41, 5.74) is 3.53. The van der Waals surface area contributed by atoms with Crippen LogP contribution < -0.4 is 16.4 Å². The number of hydrogen-bond acceptors (Lipinski definition) is 5. The Bertz CT molecular complexity index is 622.